The highest BCUT2D eigenvalue weighted by Crippen LogP contribution is 2.15. The van der Waals surface area contributed by atoms with E-state index in [-0.39, 0.29) is 5.56 Å². The maximum Gasteiger partial charge on any atom is 0.335 e. The molecule has 88 valence electrons. The molecular weight excluding hydrogens is 216 g/mol. The second kappa shape index (κ2) is 4.41. The fourth-order valence-electron chi connectivity index (χ4n) is 1.58. The van der Waals surface area contributed by atoms with Crippen molar-refractivity contribution in [2.45, 2.75) is 19.8 Å². The van der Waals surface area contributed by atoms with E-state index in [0.29, 0.717) is 5.92 Å². The van der Waals surface area contributed by atoms with E-state index < -0.39 is 5.97 Å². The van der Waals surface area contributed by atoms with Crippen molar-refractivity contribution < 1.29 is 9.90 Å². The zero-order chi connectivity index (χ0) is 12.4. The van der Waals surface area contributed by atoms with Crippen molar-refractivity contribution in [3.05, 3.63) is 48.0 Å². The van der Waals surface area contributed by atoms with Gasteiger partial charge in [0, 0.05) is 11.9 Å². The average molecular weight is 230 g/mol. The van der Waals surface area contributed by atoms with Gasteiger partial charge in [-0.15, -0.1) is 0 Å². The summed E-state index contributed by atoms with van der Waals surface area (Å²) in [5.74, 6) is -0.560. The summed E-state index contributed by atoms with van der Waals surface area (Å²) < 4.78 is 1.84. The SMILES string of the molecule is CC(C)c1cn(-c2cccc(C(=O)O)c2)cn1. The predicted octanol–water partition coefficient (Wildman–Crippen LogP) is 2.69. The number of imidazole rings is 1. The van der Waals surface area contributed by atoms with Crippen LogP contribution in [0.4, 0.5) is 0 Å². The summed E-state index contributed by atoms with van der Waals surface area (Å²) in [6.45, 7) is 4.14. The standard InChI is InChI=1S/C13H14N2O2/c1-9(2)12-7-15(8-14-12)11-5-3-4-10(6-11)13(16)17/h3-9H,1-2H3,(H,16,17). The zero-order valence-electron chi connectivity index (χ0n) is 9.79. The van der Waals surface area contributed by atoms with Gasteiger partial charge in [0.15, 0.2) is 0 Å². The second-order valence-electron chi connectivity index (χ2n) is 4.22. The minimum absolute atomic E-state index is 0.280. The van der Waals surface area contributed by atoms with Gasteiger partial charge in [-0.2, -0.15) is 0 Å². The molecule has 4 heteroatoms. The first-order chi connectivity index (χ1) is 8.08. The highest BCUT2D eigenvalue weighted by Gasteiger charge is 2.07. The van der Waals surface area contributed by atoms with Crippen molar-refractivity contribution >= 4 is 5.97 Å². The molecule has 0 spiro atoms. The lowest BCUT2D eigenvalue weighted by Gasteiger charge is -2.03. The van der Waals surface area contributed by atoms with Crippen molar-refractivity contribution in [2.24, 2.45) is 0 Å². The molecule has 0 fully saturated rings. The number of carboxylic acids is 1. The van der Waals surface area contributed by atoms with E-state index in [0.717, 1.165) is 11.4 Å². The molecular formula is C13H14N2O2. The minimum atomic E-state index is -0.920. The van der Waals surface area contributed by atoms with Crippen LogP contribution in [0.15, 0.2) is 36.8 Å². The van der Waals surface area contributed by atoms with Crippen LogP contribution in [-0.2, 0) is 0 Å². The Hall–Kier alpha value is -2.10. The Labute approximate surface area is 99.5 Å². The van der Waals surface area contributed by atoms with Gasteiger partial charge in [0.2, 0.25) is 0 Å². The number of hydrogen-bond donors (Lipinski definition) is 1. The zero-order valence-corrected chi connectivity index (χ0v) is 9.79. The highest BCUT2D eigenvalue weighted by atomic mass is 16.4. The van der Waals surface area contributed by atoms with Crippen molar-refractivity contribution in [1.82, 2.24) is 9.55 Å². The van der Waals surface area contributed by atoms with E-state index in [4.69, 9.17) is 5.11 Å². The number of nitrogens with zero attached hydrogens (tertiary/aromatic N) is 2. The van der Waals surface area contributed by atoms with Crippen molar-refractivity contribution in [2.75, 3.05) is 0 Å². The largest absolute Gasteiger partial charge is 0.478 e. The number of rotatable bonds is 3. The lowest BCUT2D eigenvalue weighted by Crippen LogP contribution is -1.98. The first kappa shape index (κ1) is 11.4. The predicted molar refractivity (Wildman–Crippen MR) is 64.6 cm³/mol. The first-order valence-corrected chi connectivity index (χ1v) is 5.45. The lowest BCUT2D eigenvalue weighted by molar-refractivity contribution is 0.0697. The van der Waals surface area contributed by atoms with Gasteiger partial charge in [-0.3, -0.25) is 0 Å². The van der Waals surface area contributed by atoms with Crippen LogP contribution in [0.1, 0.15) is 35.8 Å². The molecule has 0 saturated carbocycles. The van der Waals surface area contributed by atoms with Gasteiger partial charge in [-0.25, -0.2) is 9.78 Å². The van der Waals surface area contributed by atoms with E-state index in [9.17, 15) is 4.79 Å². The molecule has 0 saturated heterocycles. The Morgan fingerprint density at radius 2 is 2.18 bits per heavy atom. The van der Waals surface area contributed by atoms with E-state index in [2.05, 4.69) is 18.8 Å². The number of hydrogen-bond acceptors (Lipinski definition) is 2. The summed E-state index contributed by atoms with van der Waals surface area (Å²) >= 11 is 0. The molecule has 0 unspecified atom stereocenters. The van der Waals surface area contributed by atoms with E-state index in [1.807, 2.05) is 16.8 Å². The molecule has 2 rings (SSSR count). The smallest absolute Gasteiger partial charge is 0.335 e. The molecule has 0 amide bonds. The maximum absolute atomic E-state index is 10.9. The van der Waals surface area contributed by atoms with Gasteiger partial charge in [-0.05, 0) is 24.1 Å². The van der Waals surface area contributed by atoms with Gasteiger partial charge in [0.1, 0.15) is 0 Å². The normalized spacial score (nSPS) is 10.8. The summed E-state index contributed by atoms with van der Waals surface area (Å²) in [6, 6.07) is 6.80. The Kier molecular flexibility index (Phi) is 2.95. The molecule has 17 heavy (non-hydrogen) atoms. The number of aromatic carboxylic acids is 1. The summed E-state index contributed by atoms with van der Waals surface area (Å²) in [6.07, 6.45) is 3.63. The van der Waals surface area contributed by atoms with E-state index in [1.54, 1.807) is 24.5 Å². The Bertz CT molecular complexity index is 544. The molecule has 0 aliphatic carbocycles. The average Bonchev–Trinajstić information content (AvgIpc) is 2.78. The molecule has 0 aliphatic rings. The topological polar surface area (TPSA) is 55.1 Å². The highest BCUT2D eigenvalue weighted by molar-refractivity contribution is 5.88. The van der Waals surface area contributed by atoms with Gasteiger partial charge in [0.25, 0.3) is 0 Å². The maximum atomic E-state index is 10.9. The molecule has 4 nitrogen and oxygen atoms in total. The molecule has 1 aromatic carbocycles. The quantitative estimate of drug-likeness (QED) is 0.882. The molecule has 0 aliphatic heterocycles. The van der Waals surface area contributed by atoms with Gasteiger partial charge < -0.3 is 9.67 Å². The van der Waals surface area contributed by atoms with Crippen molar-refractivity contribution in [3.63, 3.8) is 0 Å². The molecule has 0 bridgehead atoms. The Morgan fingerprint density at radius 1 is 1.41 bits per heavy atom. The first-order valence-electron chi connectivity index (χ1n) is 5.45. The van der Waals surface area contributed by atoms with E-state index in [1.165, 1.54) is 0 Å². The van der Waals surface area contributed by atoms with Crippen LogP contribution in [0.25, 0.3) is 5.69 Å². The third kappa shape index (κ3) is 2.36. The molecule has 1 aromatic heterocycles. The van der Waals surface area contributed by atoms with Crippen LogP contribution in [0.2, 0.25) is 0 Å². The van der Waals surface area contributed by atoms with Crippen LogP contribution in [0.5, 0.6) is 0 Å². The number of carboxylic acid groups (broad SMARTS) is 1. The fraction of sp³-hybridized carbons (Fsp3) is 0.231. The third-order valence-electron chi connectivity index (χ3n) is 2.59. The lowest BCUT2D eigenvalue weighted by atomic mass is 10.1. The van der Waals surface area contributed by atoms with Crippen molar-refractivity contribution in [1.29, 1.82) is 0 Å². The van der Waals surface area contributed by atoms with Gasteiger partial charge >= 0.3 is 5.97 Å². The summed E-state index contributed by atoms with van der Waals surface area (Å²) in [5.41, 5.74) is 2.08. The third-order valence-corrected chi connectivity index (χ3v) is 2.59. The van der Waals surface area contributed by atoms with Crippen LogP contribution in [0, 0.1) is 0 Å². The molecule has 2 aromatic rings. The van der Waals surface area contributed by atoms with Crippen LogP contribution >= 0.6 is 0 Å². The van der Waals surface area contributed by atoms with Crippen molar-refractivity contribution in [3.8, 4) is 5.69 Å². The monoisotopic (exact) mass is 230 g/mol. The second-order valence-corrected chi connectivity index (χ2v) is 4.22. The van der Waals surface area contributed by atoms with Crippen LogP contribution in [-0.4, -0.2) is 20.6 Å². The fourth-order valence-corrected chi connectivity index (χ4v) is 1.58. The molecule has 0 radical (unpaired) electrons. The minimum Gasteiger partial charge on any atom is -0.478 e. The van der Waals surface area contributed by atoms with Gasteiger partial charge in [0.05, 0.1) is 17.6 Å². The Morgan fingerprint density at radius 3 is 2.76 bits per heavy atom. The van der Waals surface area contributed by atoms with Crippen LogP contribution < -0.4 is 0 Å². The molecule has 1 N–H and O–H groups in total. The number of benzene rings is 1. The summed E-state index contributed by atoms with van der Waals surface area (Å²) in [5, 5.41) is 8.92. The summed E-state index contributed by atoms with van der Waals surface area (Å²) in [7, 11) is 0. The van der Waals surface area contributed by atoms with Crippen LogP contribution in [0.3, 0.4) is 0 Å². The molecule has 0 atom stereocenters. The summed E-state index contributed by atoms with van der Waals surface area (Å²) in [4.78, 5) is 15.2. The van der Waals surface area contributed by atoms with Gasteiger partial charge in [-0.1, -0.05) is 19.9 Å². The number of aromatic nitrogens is 2. The number of carbonyl (C=O) groups is 1. The Balaban J connectivity index is 2.38. The molecule has 1 heterocycles. The van der Waals surface area contributed by atoms with E-state index >= 15 is 0 Å².